The van der Waals surface area contributed by atoms with Crippen molar-refractivity contribution in [3.63, 3.8) is 0 Å². The molecule has 0 aromatic carbocycles. The topological polar surface area (TPSA) is 26.0 Å². The number of hydrogen-bond donors (Lipinski definition) is 1. The van der Waals surface area contributed by atoms with E-state index in [1.807, 2.05) is 0 Å². The molecule has 0 bridgehead atoms. The maximum atomic E-state index is 5.36. The first kappa shape index (κ1) is 17.0. The summed E-state index contributed by atoms with van der Waals surface area (Å²) in [5, 5.41) is 0. The summed E-state index contributed by atoms with van der Waals surface area (Å²) in [6.45, 7) is 8.00. The van der Waals surface area contributed by atoms with Crippen LogP contribution in [-0.4, -0.2) is 25.6 Å². The molecule has 0 aliphatic heterocycles. The zero-order valence-electron chi connectivity index (χ0n) is 6.61. The number of nitrogens with two attached hydrogens (primary N) is 1. The van der Waals surface area contributed by atoms with Gasteiger partial charge in [-0.3, -0.25) is 0 Å². The van der Waals surface area contributed by atoms with E-state index in [1.54, 1.807) is 0 Å². The van der Waals surface area contributed by atoms with E-state index in [0.717, 1.165) is 6.54 Å². The van der Waals surface area contributed by atoms with Crippen molar-refractivity contribution in [3.8, 4) is 0 Å². The van der Waals surface area contributed by atoms with Crippen LogP contribution in [0, 0.1) is 0 Å². The van der Waals surface area contributed by atoms with Crippen molar-refractivity contribution in [1.29, 1.82) is 0 Å². The van der Waals surface area contributed by atoms with Gasteiger partial charge in [0.1, 0.15) is 0 Å². The quantitative estimate of drug-likeness (QED) is 0.664. The van der Waals surface area contributed by atoms with E-state index in [9.17, 15) is 0 Å². The maximum Gasteiger partial charge on any atom is 0.0443 e. The van der Waals surface area contributed by atoms with Crippen molar-refractivity contribution in [2.75, 3.05) is 6.54 Å². The molecule has 0 rings (SSSR count). The first-order valence-corrected chi connectivity index (χ1v) is 6.97. The summed E-state index contributed by atoms with van der Waals surface area (Å²) in [6.07, 6.45) is 1.22. The fourth-order valence-corrected chi connectivity index (χ4v) is 1.90. The van der Waals surface area contributed by atoms with Gasteiger partial charge in [0.15, 0.2) is 0 Å². The molecule has 4 heteroatoms. The predicted molar refractivity (Wildman–Crippen MR) is 60.4 cm³/mol. The van der Waals surface area contributed by atoms with Gasteiger partial charge in [-0.25, -0.2) is 0 Å². The minimum absolute atomic E-state index is 0. The number of hydrogen-bond acceptors (Lipinski definition) is 1. The van der Waals surface area contributed by atoms with Crippen LogP contribution in [0.1, 0.15) is 6.42 Å². The van der Waals surface area contributed by atoms with Gasteiger partial charge in [-0.2, -0.15) is 0 Å². The lowest BCUT2D eigenvalue weighted by Crippen LogP contribution is -2.20. The summed E-state index contributed by atoms with van der Waals surface area (Å²) < 4.78 is 0. The Hall–Kier alpha value is 0.684. The summed E-state index contributed by atoms with van der Waals surface area (Å²) in [5.74, 6) is 0. The molecule has 0 aromatic heterocycles. The Bertz CT molecular complexity index is 63.3. The van der Waals surface area contributed by atoms with Crippen LogP contribution in [0.2, 0.25) is 25.7 Å². The average molecular weight is 200 g/mol. The molecule has 0 atom stereocenters. The molecule has 10 heavy (non-hydrogen) atoms. The summed E-state index contributed by atoms with van der Waals surface area (Å²) in [7, 11) is -0.758. The molecule has 0 amide bonds. The first-order chi connectivity index (χ1) is 3.56. The van der Waals surface area contributed by atoms with E-state index in [1.165, 1.54) is 12.5 Å². The smallest absolute Gasteiger partial charge is 0.0443 e. The Labute approximate surface area is 76.2 Å². The molecular weight excluding hydrogens is 178 g/mol. The second kappa shape index (κ2) is 7.79. The first-order valence-electron chi connectivity index (χ1n) is 3.26. The molecule has 0 heterocycles. The van der Waals surface area contributed by atoms with E-state index < -0.39 is 8.07 Å². The monoisotopic (exact) mass is 199 g/mol. The van der Waals surface area contributed by atoms with E-state index in [2.05, 4.69) is 19.6 Å². The van der Waals surface area contributed by atoms with Gasteiger partial charge in [-0.1, -0.05) is 25.7 Å². The fraction of sp³-hybridized carbons (Fsp3) is 1.00. The highest BCUT2D eigenvalue weighted by Crippen LogP contribution is 2.09. The van der Waals surface area contributed by atoms with Crippen LogP contribution in [-0.2, 0) is 0 Å². The SMILES string of the molecule is C[Si](C)(C)CCCN.Cl.[SiH4]. The average Bonchev–Trinajstić information content (AvgIpc) is 1.59. The number of rotatable bonds is 3. The predicted octanol–water partition coefficient (Wildman–Crippen LogP) is 0.644. The standard InChI is InChI=1S/C6H17NSi.ClH.H4Si/c1-8(2,3)6-4-5-7;;/h4-7H2,1-3H3;1H;1H4. The summed E-state index contributed by atoms with van der Waals surface area (Å²) in [4.78, 5) is 0. The molecule has 0 aliphatic carbocycles. The van der Waals surface area contributed by atoms with Crippen LogP contribution in [0.15, 0.2) is 0 Å². The molecule has 2 N–H and O–H groups in total. The molecule has 1 nitrogen and oxygen atoms in total. The summed E-state index contributed by atoms with van der Waals surface area (Å²) >= 11 is 0. The highest BCUT2D eigenvalue weighted by Gasteiger charge is 2.10. The Morgan fingerprint density at radius 2 is 1.60 bits per heavy atom. The van der Waals surface area contributed by atoms with E-state index in [0.29, 0.717) is 0 Å². The van der Waals surface area contributed by atoms with E-state index in [4.69, 9.17) is 5.73 Å². The second-order valence-electron chi connectivity index (χ2n) is 3.45. The van der Waals surface area contributed by atoms with Crippen molar-refractivity contribution >= 4 is 31.4 Å². The van der Waals surface area contributed by atoms with Crippen molar-refractivity contribution in [1.82, 2.24) is 0 Å². The van der Waals surface area contributed by atoms with Crippen LogP contribution in [0.5, 0.6) is 0 Å². The Morgan fingerprint density at radius 1 is 1.20 bits per heavy atom. The summed E-state index contributed by atoms with van der Waals surface area (Å²) in [6, 6.07) is 1.38. The van der Waals surface area contributed by atoms with Crippen molar-refractivity contribution < 1.29 is 0 Å². The van der Waals surface area contributed by atoms with Gasteiger partial charge in [0, 0.05) is 8.07 Å². The second-order valence-corrected chi connectivity index (χ2v) is 9.07. The van der Waals surface area contributed by atoms with Gasteiger partial charge < -0.3 is 5.73 Å². The fourth-order valence-electron chi connectivity index (χ4n) is 0.632. The van der Waals surface area contributed by atoms with Crippen LogP contribution >= 0.6 is 12.4 Å². The lowest BCUT2D eigenvalue weighted by atomic mass is 10.5. The highest BCUT2D eigenvalue weighted by atomic mass is 35.5. The Kier molecular flexibility index (Phi) is 13.2. The minimum Gasteiger partial charge on any atom is -0.330 e. The molecule has 0 fully saturated rings. The third-order valence-corrected chi connectivity index (χ3v) is 2.98. The molecule has 0 spiro atoms. The van der Waals surface area contributed by atoms with Gasteiger partial charge in [-0.05, 0) is 23.9 Å². The van der Waals surface area contributed by atoms with Gasteiger partial charge in [0.25, 0.3) is 0 Å². The molecule has 0 aliphatic rings. The van der Waals surface area contributed by atoms with Crippen molar-refractivity contribution in [3.05, 3.63) is 0 Å². The highest BCUT2D eigenvalue weighted by molar-refractivity contribution is 6.76. The Morgan fingerprint density at radius 3 is 1.70 bits per heavy atom. The molecule has 0 radical (unpaired) electrons. The summed E-state index contributed by atoms with van der Waals surface area (Å²) in [5.41, 5.74) is 5.36. The zero-order chi connectivity index (χ0) is 6.62. The maximum absolute atomic E-state index is 5.36. The zero-order valence-corrected chi connectivity index (χ0v) is 8.42. The molecule has 0 saturated carbocycles. The normalized spacial score (nSPS) is 9.60. The van der Waals surface area contributed by atoms with Gasteiger partial charge in [0.05, 0.1) is 0 Å². The number of halogens is 1. The third-order valence-electron chi connectivity index (χ3n) is 1.13. The molecule has 0 unspecified atom stereocenters. The molecular formula is C6H22ClNSi2. The van der Waals surface area contributed by atoms with E-state index >= 15 is 0 Å². The van der Waals surface area contributed by atoms with Crippen LogP contribution in [0.3, 0.4) is 0 Å². The molecule has 0 aromatic rings. The van der Waals surface area contributed by atoms with Gasteiger partial charge in [-0.15, -0.1) is 12.4 Å². The van der Waals surface area contributed by atoms with Crippen LogP contribution in [0.25, 0.3) is 0 Å². The van der Waals surface area contributed by atoms with E-state index in [-0.39, 0.29) is 23.4 Å². The van der Waals surface area contributed by atoms with Gasteiger partial charge in [0.2, 0.25) is 0 Å². The molecule has 0 saturated heterocycles. The van der Waals surface area contributed by atoms with Crippen molar-refractivity contribution in [2.24, 2.45) is 5.73 Å². The van der Waals surface area contributed by atoms with Crippen LogP contribution < -0.4 is 5.73 Å². The largest absolute Gasteiger partial charge is 0.330 e. The molecule has 66 valence electrons. The lowest BCUT2D eigenvalue weighted by Gasteiger charge is -2.13. The van der Waals surface area contributed by atoms with Crippen LogP contribution in [0.4, 0.5) is 0 Å². The minimum atomic E-state index is -0.758. The van der Waals surface area contributed by atoms with Gasteiger partial charge >= 0.3 is 0 Å². The van der Waals surface area contributed by atoms with Crippen molar-refractivity contribution in [2.45, 2.75) is 32.1 Å². The Balaban J connectivity index is -0.000000245. The lowest BCUT2D eigenvalue weighted by molar-refractivity contribution is 0.912. The third kappa shape index (κ3) is 15.9.